The summed E-state index contributed by atoms with van der Waals surface area (Å²) >= 11 is -2.86. The highest BCUT2D eigenvalue weighted by atomic mass is 32.2. The molecule has 2 aromatic rings. The lowest BCUT2D eigenvalue weighted by atomic mass is 10.1. The molecule has 16 heteroatoms. The third kappa shape index (κ3) is 6.67. The average molecular weight is 579 g/mol. The van der Waals surface area contributed by atoms with Crippen LogP contribution in [-0.2, 0) is 37.4 Å². The van der Waals surface area contributed by atoms with Gasteiger partial charge >= 0.3 is 6.09 Å². The van der Waals surface area contributed by atoms with Crippen LogP contribution in [0.1, 0.15) is 23.0 Å². The van der Waals surface area contributed by atoms with E-state index in [4.69, 9.17) is 8.92 Å². The number of nitrogens with one attached hydrogen (secondary N) is 1. The van der Waals surface area contributed by atoms with Crippen molar-refractivity contribution in [2.45, 2.75) is 19.9 Å². The number of halogens is 2. The van der Waals surface area contributed by atoms with Crippen LogP contribution in [0.2, 0.25) is 0 Å². The second kappa shape index (κ2) is 11.8. The summed E-state index contributed by atoms with van der Waals surface area (Å²) in [4.78, 5) is 26.4. The Kier molecular flexibility index (Phi) is 9.12. The van der Waals surface area contributed by atoms with Crippen LogP contribution in [-0.4, -0.2) is 77.2 Å². The standard InChI is InChI=1S/C22H28F2N4O8S2/c1-5-35-22(30)27-9-14(12-36-38(4,33)34)17(11-27)28(37(31)32)18-10-26(3)20(19(18)24)21(29)25-15-6-7-16(23)13(2)8-15/h6-8,10,14,17H,5,9,11-12H2,1-4H3,(H,25,29)(H,31,32). The zero-order valence-electron chi connectivity index (χ0n) is 21.0. The minimum Gasteiger partial charge on any atom is -0.450 e. The van der Waals surface area contributed by atoms with E-state index in [1.807, 2.05) is 0 Å². The Morgan fingerprint density at radius 1 is 1.29 bits per heavy atom. The van der Waals surface area contributed by atoms with Gasteiger partial charge in [0.25, 0.3) is 27.3 Å². The second-order valence-electron chi connectivity index (χ2n) is 8.68. The summed E-state index contributed by atoms with van der Waals surface area (Å²) in [6.45, 7) is 2.36. The van der Waals surface area contributed by atoms with Gasteiger partial charge in [0.1, 0.15) is 17.2 Å². The van der Waals surface area contributed by atoms with E-state index in [2.05, 4.69) is 5.32 Å². The third-order valence-electron chi connectivity index (χ3n) is 5.87. The van der Waals surface area contributed by atoms with Crippen LogP contribution in [0, 0.1) is 24.5 Å². The van der Waals surface area contributed by atoms with Gasteiger partial charge in [-0.25, -0.2) is 17.8 Å². The molecule has 2 amide bonds. The molecule has 0 bridgehead atoms. The Bertz CT molecular complexity index is 1350. The average Bonchev–Trinajstić information content (AvgIpc) is 3.35. The normalized spacial score (nSPS) is 18.3. The number of likely N-dealkylation sites (tertiary alicyclic amines) is 1. The second-order valence-corrected chi connectivity index (χ2v) is 11.2. The van der Waals surface area contributed by atoms with Gasteiger partial charge in [0.05, 0.1) is 25.5 Å². The molecule has 1 aliphatic rings. The molecule has 1 saturated heterocycles. The van der Waals surface area contributed by atoms with Gasteiger partial charge in [-0.1, -0.05) is 0 Å². The Balaban J connectivity index is 1.96. The number of nitrogens with zero attached hydrogens (tertiary/aromatic N) is 3. The van der Waals surface area contributed by atoms with Crippen LogP contribution in [0.5, 0.6) is 0 Å². The lowest BCUT2D eigenvalue weighted by Crippen LogP contribution is -2.44. The highest BCUT2D eigenvalue weighted by molar-refractivity contribution is 7.86. The van der Waals surface area contributed by atoms with E-state index >= 15 is 4.39 Å². The molecule has 210 valence electrons. The molecule has 12 nitrogen and oxygen atoms in total. The highest BCUT2D eigenvalue weighted by Gasteiger charge is 2.44. The van der Waals surface area contributed by atoms with Crippen molar-refractivity contribution in [2.24, 2.45) is 13.0 Å². The van der Waals surface area contributed by atoms with Gasteiger partial charge in [0.15, 0.2) is 5.82 Å². The zero-order chi connectivity index (χ0) is 28.4. The number of ether oxygens (including phenoxy) is 1. The molecule has 3 atom stereocenters. The number of hydrogen-bond acceptors (Lipinski definition) is 7. The minimum absolute atomic E-state index is 0.0551. The Morgan fingerprint density at radius 2 is 1.97 bits per heavy atom. The third-order valence-corrected chi connectivity index (χ3v) is 7.24. The number of aromatic nitrogens is 1. The first-order valence-corrected chi connectivity index (χ1v) is 14.2. The van der Waals surface area contributed by atoms with Crippen molar-refractivity contribution >= 4 is 44.8 Å². The Labute approximate surface area is 221 Å². The number of benzene rings is 1. The fourth-order valence-electron chi connectivity index (χ4n) is 4.14. The topological polar surface area (TPSA) is 147 Å². The SMILES string of the molecule is CCOC(=O)N1CC(COS(C)(=O)=O)C(N(c2cn(C)c(C(=O)Nc3ccc(F)c(C)c3)c2F)S(=O)O)C1. The summed E-state index contributed by atoms with van der Waals surface area (Å²) in [6.07, 6.45) is 1.20. The quantitative estimate of drug-likeness (QED) is 0.340. The number of aryl methyl sites for hydroxylation is 2. The van der Waals surface area contributed by atoms with Gasteiger partial charge in [-0.15, -0.1) is 0 Å². The van der Waals surface area contributed by atoms with E-state index < -0.39 is 75.0 Å². The molecule has 0 radical (unpaired) electrons. The fraction of sp³-hybridized carbons (Fsp3) is 0.455. The van der Waals surface area contributed by atoms with Crippen LogP contribution >= 0.6 is 0 Å². The van der Waals surface area contributed by atoms with Crippen LogP contribution in [0.4, 0.5) is 25.0 Å². The Hall–Kier alpha value is -3.08. The van der Waals surface area contributed by atoms with Crippen molar-refractivity contribution in [3.63, 3.8) is 0 Å². The summed E-state index contributed by atoms with van der Waals surface area (Å²) in [7, 11) is -2.55. The number of amides is 2. The Morgan fingerprint density at radius 3 is 2.55 bits per heavy atom. The molecule has 3 unspecified atom stereocenters. The lowest BCUT2D eigenvalue weighted by molar-refractivity contribution is 0.101. The number of rotatable bonds is 9. The van der Waals surface area contributed by atoms with Crippen molar-refractivity contribution in [3.8, 4) is 0 Å². The first kappa shape index (κ1) is 29.5. The summed E-state index contributed by atoms with van der Waals surface area (Å²) in [5.74, 6) is -3.37. The molecule has 1 aromatic heterocycles. The van der Waals surface area contributed by atoms with Gasteiger partial charge < -0.3 is 19.5 Å². The van der Waals surface area contributed by atoms with Gasteiger partial charge in [-0.3, -0.25) is 17.8 Å². The summed E-state index contributed by atoms with van der Waals surface area (Å²) in [5, 5.41) is 2.46. The first-order valence-electron chi connectivity index (χ1n) is 11.3. The molecular weight excluding hydrogens is 550 g/mol. The predicted octanol–water partition coefficient (Wildman–Crippen LogP) is 2.24. The summed E-state index contributed by atoms with van der Waals surface area (Å²) in [5.41, 5.74) is -0.458. The van der Waals surface area contributed by atoms with Gasteiger partial charge in [-0.05, 0) is 37.6 Å². The number of hydrogen-bond donors (Lipinski definition) is 2. The van der Waals surface area contributed by atoms with Crippen LogP contribution in [0.25, 0.3) is 0 Å². The van der Waals surface area contributed by atoms with Gasteiger partial charge in [-0.2, -0.15) is 8.42 Å². The van der Waals surface area contributed by atoms with Crippen molar-refractivity contribution in [1.82, 2.24) is 9.47 Å². The fourth-order valence-corrected chi connectivity index (χ4v) is 5.33. The minimum atomic E-state index is -3.90. The molecule has 1 aliphatic heterocycles. The number of anilines is 2. The maximum atomic E-state index is 15.7. The monoisotopic (exact) mass is 578 g/mol. The molecule has 2 N–H and O–H groups in total. The van der Waals surface area contributed by atoms with Crippen LogP contribution in [0.3, 0.4) is 0 Å². The smallest absolute Gasteiger partial charge is 0.409 e. The zero-order valence-corrected chi connectivity index (χ0v) is 22.6. The van der Waals surface area contributed by atoms with Crippen LogP contribution in [0.15, 0.2) is 24.4 Å². The molecule has 0 spiro atoms. The molecule has 0 saturated carbocycles. The predicted molar refractivity (Wildman–Crippen MR) is 134 cm³/mol. The van der Waals surface area contributed by atoms with Crippen molar-refractivity contribution in [3.05, 3.63) is 47.3 Å². The molecule has 1 fully saturated rings. The van der Waals surface area contributed by atoms with E-state index in [-0.39, 0.29) is 30.9 Å². The summed E-state index contributed by atoms with van der Waals surface area (Å²) in [6, 6.07) is 2.72. The largest absolute Gasteiger partial charge is 0.450 e. The van der Waals surface area contributed by atoms with E-state index in [9.17, 15) is 31.2 Å². The highest BCUT2D eigenvalue weighted by Crippen LogP contribution is 2.33. The number of carbonyl (C=O) groups excluding carboxylic acids is 2. The van der Waals surface area contributed by atoms with Gasteiger partial charge in [0.2, 0.25) is 0 Å². The summed E-state index contributed by atoms with van der Waals surface area (Å²) < 4.78 is 86.7. The van der Waals surface area contributed by atoms with Gasteiger partial charge in [0, 0.05) is 37.9 Å². The van der Waals surface area contributed by atoms with Crippen molar-refractivity contribution < 1.29 is 44.5 Å². The molecule has 2 heterocycles. The van der Waals surface area contributed by atoms with Crippen molar-refractivity contribution in [2.75, 3.05) is 42.2 Å². The molecule has 0 aliphatic carbocycles. The lowest BCUT2D eigenvalue weighted by Gasteiger charge is -2.29. The number of carbonyl (C=O) groups is 2. The van der Waals surface area contributed by atoms with E-state index in [0.29, 0.717) is 0 Å². The molecule has 1 aromatic carbocycles. The molecular formula is C22H28F2N4O8S2. The molecule has 3 rings (SSSR count). The maximum absolute atomic E-state index is 15.7. The molecule has 38 heavy (non-hydrogen) atoms. The van der Waals surface area contributed by atoms with E-state index in [1.54, 1.807) is 6.92 Å². The maximum Gasteiger partial charge on any atom is 0.409 e. The first-order chi connectivity index (χ1) is 17.7. The van der Waals surface area contributed by atoms with Crippen molar-refractivity contribution in [1.29, 1.82) is 0 Å². The van der Waals surface area contributed by atoms with Crippen LogP contribution < -0.4 is 9.62 Å². The van der Waals surface area contributed by atoms with E-state index in [1.165, 1.54) is 31.0 Å². The van der Waals surface area contributed by atoms with E-state index in [0.717, 1.165) is 27.4 Å².